The van der Waals surface area contributed by atoms with E-state index < -0.39 is 5.41 Å². The summed E-state index contributed by atoms with van der Waals surface area (Å²) in [6, 6.07) is 8.01. The number of carbonyl (C=O) groups is 1. The molecule has 0 unspecified atom stereocenters. The highest BCUT2D eigenvalue weighted by Gasteiger charge is 2.29. The molecule has 23 heavy (non-hydrogen) atoms. The summed E-state index contributed by atoms with van der Waals surface area (Å²) in [4.78, 5) is 17.4. The molecule has 0 aromatic heterocycles. The number of piperidine rings is 1. The molecular weight excluding hydrogens is 312 g/mol. The van der Waals surface area contributed by atoms with Crippen LogP contribution >= 0.6 is 11.6 Å². The number of nitrogens with zero attached hydrogens (tertiary/aromatic N) is 2. The lowest BCUT2D eigenvalue weighted by Crippen LogP contribution is -2.38. The molecule has 0 amide bonds. The number of halogens is 1. The van der Waals surface area contributed by atoms with Crippen LogP contribution in [-0.2, 0) is 16.1 Å². The number of carbonyl (C=O) groups excluding carboxylic acids is 1. The van der Waals surface area contributed by atoms with Crippen molar-refractivity contribution in [2.75, 3.05) is 13.1 Å². The van der Waals surface area contributed by atoms with Gasteiger partial charge in [-0.15, -0.1) is 5.06 Å². The molecule has 1 fully saturated rings. The summed E-state index contributed by atoms with van der Waals surface area (Å²) < 4.78 is 0. The molecule has 1 heterocycles. The molecule has 1 aliphatic heterocycles. The SMILES string of the molecule is CC(C)(C)C(=O)ON1CCC(c2ccc(CC#N)cc2Cl)CC1. The third-order valence-electron chi connectivity index (χ3n) is 4.07. The van der Waals surface area contributed by atoms with Gasteiger partial charge >= 0.3 is 5.97 Å². The lowest BCUT2D eigenvalue weighted by Gasteiger charge is -2.32. The van der Waals surface area contributed by atoms with Crippen molar-refractivity contribution in [1.82, 2.24) is 5.06 Å². The zero-order valence-corrected chi connectivity index (χ0v) is 14.7. The summed E-state index contributed by atoms with van der Waals surface area (Å²) in [6.07, 6.45) is 2.17. The van der Waals surface area contributed by atoms with Crippen LogP contribution in [0.15, 0.2) is 18.2 Å². The van der Waals surface area contributed by atoms with Gasteiger partial charge in [0, 0.05) is 18.1 Å². The van der Waals surface area contributed by atoms with E-state index in [2.05, 4.69) is 6.07 Å². The Labute approximate surface area is 142 Å². The van der Waals surface area contributed by atoms with Crippen molar-refractivity contribution in [2.45, 2.75) is 46.0 Å². The van der Waals surface area contributed by atoms with E-state index in [-0.39, 0.29) is 5.97 Å². The maximum absolute atomic E-state index is 11.9. The minimum Gasteiger partial charge on any atom is -0.367 e. The highest BCUT2D eigenvalue weighted by atomic mass is 35.5. The molecule has 0 N–H and O–H groups in total. The highest BCUT2D eigenvalue weighted by molar-refractivity contribution is 6.31. The average molecular weight is 335 g/mol. The summed E-state index contributed by atoms with van der Waals surface area (Å²) in [6.45, 7) is 6.98. The van der Waals surface area contributed by atoms with Crippen LogP contribution in [0.25, 0.3) is 0 Å². The van der Waals surface area contributed by atoms with Crippen molar-refractivity contribution in [3.8, 4) is 6.07 Å². The number of benzene rings is 1. The molecule has 5 heteroatoms. The Kier molecular flexibility index (Phi) is 5.67. The fraction of sp³-hybridized carbons (Fsp3) is 0.556. The van der Waals surface area contributed by atoms with Crippen LogP contribution in [0.1, 0.15) is 50.7 Å². The first-order valence-electron chi connectivity index (χ1n) is 7.94. The monoisotopic (exact) mass is 334 g/mol. The van der Waals surface area contributed by atoms with Crippen molar-refractivity contribution in [1.29, 1.82) is 5.26 Å². The number of hydroxylamine groups is 2. The van der Waals surface area contributed by atoms with E-state index in [4.69, 9.17) is 21.7 Å². The van der Waals surface area contributed by atoms with E-state index in [0.717, 1.165) is 29.0 Å². The molecule has 1 aromatic carbocycles. The van der Waals surface area contributed by atoms with Crippen molar-refractivity contribution in [2.24, 2.45) is 5.41 Å². The molecule has 0 saturated carbocycles. The zero-order chi connectivity index (χ0) is 17.0. The molecule has 1 aromatic rings. The fourth-order valence-electron chi connectivity index (χ4n) is 2.62. The quantitative estimate of drug-likeness (QED) is 0.835. The normalized spacial score (nSPS) is 16.8. The van der Waals surface area contributed by atoms with E-state index in [1.54, 1.807) is 5.06 Å². The molecule has 0 atom stereocenters. The van der Waals surface area contributed by atoms with Crippen molar-refractivity contribution in [3.63, 3.8) is 0 Å². The van der Waals surface area contributed by atoms with Gasteiger partial charge < -0.3 is 4.84 Å². The maximum Gasteiger partial charge on any atom is 0.330 e. The lowest BCUT2D eigenvalue weighted by atomic mass is 9.89. The first-order valence-corrected chi connectivity index (χ1v) is 8.31. The Morgan fingerprint density at radius 1 is 1.39 bits per heavy atom. The van der Waals surface area contributed by atoms with Crippen molar-refractivity contribution < 1.29 is 9.63 Å². The average Bonchev–Trinajstić information content (AvgIpc) is 2.48. The first kappa shape index (κ1) is 17.8. The van der Waals surface area contributed by atoms with E-state index in [0.29, 0.717) is 25.4 Å². The van der Waals surface area contributed by atoms with E-state index in [9.17, 15) is 4.79 Å². The van der Waals surface area contributed by atoms with Crippen LogP contribution in [0.2, 0.25) is 5.02 Å². The van der Waals surface area contributed by atoms with E-state index in [1.165, 1.54) is 0 Å². The van der Waals surface area contributed by atoms with Gasteiger partial charge in [0.2, 0.25) is 0 Å². The van der Waals surface area contributed by atoms with Crippen molar-refractivity contribution in [3.05, 3.63) is 34.3 Å². The minimum absolute atomic E-state index is 0.199. The van der Waals surface area contributed by atoms with Gasteiger partial charge in [-0.05, 0) is 56.7 Å². The number of nitriles is 1. The van der Waals surface area contributed by atoms with Gasteiger partial charge in [0.05, 0.1) is 17.9 Å². The number of hydrogen-bond acceptors (Lipinski definition) is 4. The Bertz CT molecular complexity index is 608. The summed E-state index contributed by atoms with van der Waals surface area (Å²) >= 11 is 6.37. The van der Waals surface area contributed by atoms with Gasteiger partial charge in [0.1, 0.15) is 0 Å². The fourth-order valence-corrected chi connectivity index (χ4v) is 2.97. The predicted molar refractivity (Wildman–Crippen MR) is 89.9 cm³/mol. The minimum atomic E-state index is -0.489. The molecule has 1 saturated heterocycles. The van der Waals surface area contributed by atoms with Crippen LogP contribution in [-0.4, -0.2) is 24.1 Å². The second kappa shape index (κ2) is 7.33. The summed E-state index contributed by atoms with van der Waals surface area (Å²) in [5, 5.41) is 11.2. The van der Waals surface area contributed by atoms with Crippen LogP contribution in [0, 0.1) is 16.7 Å². The van der Waals surface area contributed by atoms with E-state index >= 15 is 0 Å². The second-order valence-electron chi connectivity index (χ2n) is 7.02. The molecule has 0 radical (unpaired) electrons. The maximum atomic E-state index is 11.9. The Balaban J connectivity index is 1.94. The molecule has 4 nitrogen and oxygen atoms in total. The third kappa shape index (κ3) is 4.70. The third-order valence-corrected chi connectivity index (χ3v) is 4.39. The van der Waals surface area contributed by atoms with E-state index in [1.807, 2.05) is 39.0 Å². The predicted octanol–water partition coefficient (Wildman–Crippen LogP) is 4.09. The Morgan fingerprint density at radius 3 is 2.57 bits per heavy atom. The van der Waals surface area contributed by atoms with Gasteiger partial charge in [-0.2, -0.15) is 5.26 Å². The Hall–Kier alpha value is -1.57. The van der Waals surface area contributed by atoms with Crippen LogP contribution in [0.5, 0.6) is 0 Å². The lowest BCUT2D eigenvalue weighted by molar-refractivity contribution is -0.204. The smallest absolute Gasteiger partial charge is 0.330 e. The zero-order valence-electron chi connectivity index (χ0n) is 13.9. The van der Waals surface area contributed by atoms with Crippen LogP contribution < -0.4 is 0 Å². The molecule has 124 valence electrons. The largest absolute Gasteiger partial charge is 0.367 e. The van der Waals surface area contributed by atoms with Gasteiger partial charge in [-0.3, -0.25) is 0 Å². The van der Waals surface area contributed by atoms with Crippen molar-refractivity contribution >= 4 is 17.6 Å². The summed E-state index contributed by atoms with van der Waals surface area (Å²) in [5.41, 5.74) is 1.57. The summed E-state index contributed by atoms with van der Waals surface area (Å²) in [5.74, 6) is 0.165. The number of rotatable bonds is 3. The van der Waals surface area contributed by atoms with Gasteiger partial charge in [0.25, 0.3) is 0 Å². The standard InChI is InChI=1S/C18H23ClN2O2/c1-18(2,3)17(22)23-21-10-7-14(8-11-21)15-5-4-13(6-9-20)12-16(15)19/h4-5,12,14H,6-8,10-11H2,1-3H3. The summed E-state index contributed by atoms with van der Waals surface area (Å²) in [7, 11) is 0. The topological polar surface area (TPSA) is 53.3 Å². The molecule has 1 aliphatic rings. The molecule has 2 rings (SSSR count). The van der Waals surface area contributed by atoms with Gasteiger partial charge in [0.15, 0.2) is 0 Å². The van der Waals surface area contributed by atoms with Crippen LogP contribution in [0.4, 0.5) is 0 Å². The molecule has 0 aliphatic carbocycles. The Morgan fingerprint density at radius 2 is 2.04 bits per heavy atom. The van der Waals surface area contributed by atoms with Crippen LogP contribution in [0.3, 0.4) is 0 Å². The molecular formula is C18H23ClN2O2. The number of hydrogen-bond donors (Lipinski definition) is 0. The molecule has 0 spiro atoms. The van der Waals surface area contributed by atoms with Gasteiger partial charge in [-0.25, -0.2) is 4.79 Å². The first-order chi connectivity index (χ1) is 10.8. The highest BCUT2D eigenvalue weighted by Crippen LogP contribution is 2.33. The molecule has 0 bridgehead atoms. The van der Waals surface area contributed by atoms with Gasteiger partial charge in [-0.1, -0.05) is 23.7 Å². The second-order valence-corrected chi connectivity index (χ2v) is 7.43.